The minimum atomic E-state index is -0.654. The van der Waals surface area contributed by atoms with E-state index in [1.165, 1.54) is 16.8 Å². The average Bonchev–Trinajstić information content (AvgIpc) is 3.46. The van der Waals surface area contributed by atoms with Crippen molar-refractivity contribution in [1.29, 1.82) is 0 Å². The number of carbonyl (C=O) groups excluding carboxylic acids is 1. The number of piperidine rings is 1. The summed E-state index contributed by atoms with van der Waals surface area (Å²) in [5, 5.41) is 13.3. The highest BCUT2D eigenvalue weighted by molar-refractivity contribution is 6.10. The highest BCUT2D eigenvalue weighted by Gasteiger charge is 2.31. The van der Waals surface area contributed by atoms with Crippen LogP contribution in [0.5, 0.6) is 0 Å². The standard InChI is InChI=1S/C31H25FN8O.ClH/c32-26-18-22(40-30-28(37-38-40)7-4-15-35-30)9-11-25(26)31(41)39(23-5-3-13-33-19-23)29-24-10-8-21(17-20(24)12-16-36-29)27-6-1-2-14-34-27;/h1-2,4,6-12,14-18,23,33H,3,5,13,19H2;1H/t23-;/m1./s1. The van der Waals surface area contributed by atoms with Gasteiger partial charge < -0.3 is 5.32 Å². The van der Waals surface area contributed by atoms with Crippen LogP contribution in [0, 0.1) is 5.82 Å². The molecule has 0 bridgehead atoms. The maximum Gasteiger partial charge on any atom is 0.262 e. The molecule has 7 rings (SSSR count). The summed E-state index contributed by atoms with van der Waals surface area (Å²) in [6.07, 6.45) is 6.76. The van der Waals surface area contributed by atoms with Crippen LogP contribution in [0.25, 0.3) is 38.9 Å². The van der Waals surface area contributed by atoms with E-state index >= 15 is 4.39 Å². The van der Waals surface area contributed by atoms with Crippen molar-refractivity contribution in [1.82, 2.24) is 35.3 Å². The van der Waals surface area contributed by atoms with Crippen LogP contribution < -0.4 is 10.2 Å². The average molecular weight is 581 g/mol. The summed E-state index contributed by atoms with van der Waals surface area (Å²) in [6.45, 7) is 1.46. The van der Waals surface area contributed by atoms with E-state index in [1.54, 1.807) is 41.7 Å². The molecule has 9 nitrogen and oxygen atoms in total. The van der Waals surface area contributed by atoms with Gasteiger partial charge in [0.05, 0.1) is 23.0 Å². The first-order valence-electron chi connectivity index (χ1n) is 13.5. The van der Waals surface area contributed by atoms with Crippen LogP contribution in [0.1, 0.15) is 23.2 Å². The number of amides is 1. The Hall–Kier alpha value is -4.80. The molecule has 0 aliphatic carbocycles. The number of hydrogen-bond acceptors (Lipinski definition) is 7. The zero-order chi connectivity index (χ0) is 27.8. The number of anilines is 1. The molecule has 1 fully saturated rings. The Kier molecular flexibility index (Phi) is 7.56. The normalized spacial score (nSPS) is 14.9. The molecular formula is C31H26ClFN8O. The summed E-state index contributed by atoms with van der Waals surface area (Å²) in [5.74, 6) is -0.597. The topological polar surface area (TPSA) is 102 Å². The van der Waals surface area contributed by atoms with Crippen LogP contribution in [0.15, 0.2) is 91.4 Å². The smallest absolute Gasteiger partial charge is 0.262 e. The molecule has 11 heteroatoms. The highest BCUT2D eigenvalue weighted by atomic mass is 35.5. The molecule has 0 spiro atoms. The van der Waals surface area contributed by atoms with E-state index in [0.29, 0.717) is 29.2 Å². The molecule has 210 valence electrons. The Morgan fingerprint density at radius 2 is 1.86 bits per heavy atom. The molecule has 6 aromatic rings. The number of halogens is 2. The van der Waals surface area contributed by atoms with Crippen molar-refractivity contribution >= 4 is 46.1 Å². The lowest BCUT2D eigenvalue weighted by atomic mass is 10.0. The molecule has 1 aliphatic rings. The third kappa shape index (κ3) is 4.95. The van der Waals surface area contributed by atoms with Crippen molar-refractivity contribution in [2.45, 2.75) is 18.9 Å². The van der Waals surface area contributed by atoms with Crippen molar-refractivity contribution in [3.63, 3.8) is 0 Å². The fourth-order valence-electron chi connectivity index (χ4n) is 5.41. The molecule has 0 radical (unpaired) electrons. The fourth-order valence-corrected chi connectivity index (χ4v) is 5.41. The van der Waals surface area contributed by atoms with Crippen LogP contribution >= 0.6 is 12.4 Å². The number of rotatable bonds is 5. The quantitative estimate of drug-likeness (QED) is 0.292. The van der Waals surface area contributed by atoms with E-state index in [0.717, 1.165) is 41.4 Å². The largest absolute Gasteiger partial charge is 0.315 e. The molecule has 1 saturated heterocycles. The van der Waals surface area contributed by atoms with Crippen LogP contribution in [0.2, 0.25) is 0 Å². The number of benzene rings is 2. The van der Waals surface area contributed by atoms with Crippen LogP contribution in [0.3, 0.4) is 0 Å². The van der Waals surface area contributed by atoms with Gasteiger partial charge in [0.25, 0.3) is 5.91 Å². The van der Waals surface area contributed by atoms with Crippen LogP contribution in [-0.4, -0.2) is 55.0 Å². The van der Waals surface area contributed by atoms with E-state index in [9.17, 15) is 4.79 Å². The summed E-state index contributed by atoms with van der Waals surface area (Å²) < 4.78 is 17.2. The predicted octanol–water partition coefficient (Wildman–Crippen LogP) is 5.39. The number of hydrogen-bond donors (Lipinski definition) is 1. The molecule has 42 heavy (non-hydrogen) atoms. The van der Waals surface area contributed by atoms with Crippen LogP contribution in [0.4, 0.5) is 10.2 Å². The summed E-state index contributed by atoms with van der Waals surface area (Å²) in [4.78, 5) is 29.3. The lowest BCUT2D eigenvalue weighted by molar-refractivity contribution is 0.0968. The van der Waals surface area contributed by atoms with Gasteiger partial charge in [0, 0.05) is 42.2 Å². The lowest BCUT2D eigenvalue weighted by Crippen LogP contribution is -2.49. The van der Waals surface area contributed by atoms with Gasteiger partial charge in [-0.3, -0.25) is 14.7 Å². The minimum Gasteiger partial charge on any atom is -0.315 e. The molecule has 0 saturated carbocycles. The van der Waals surface area contributed by atoms with Gasteiger partial charge in [-0.05, 0) is 79.4 Å². The van der Waals surface area contributed by atoms with E-state index in [-0.39, 0.29) is 24.0 Å². The third-order valence-electron chi connectivity index (χ3n) is 7.42. The Morgan fingerprint density at radius 3 is 2.67 bits per heavy atom. The minimum absolute atomic E-state index is 0. The Bertz CT molecular complexity index is 1890. The second-order valence-electron chi connectivity index (χ2n) is 9.97. The summed E-state index contributed by atoms with van der Waals surface area (Å²) in [7, 11) is 0. The first-order valence-corrected chi connectivity index (χ1v) is 13.5. The number of aromatic nitrogens is 6. The first kappa shape index (κ1) is 27.4. The van der Waals surface area contributed by atoms with E-state index in [2.05, 4.69) is 30.6 Å². The van der Waals surface area contributed by atoms with Gasteiger partial charge in [-0.15, -0.1) is 17.5 Å². The summed E-state index contributed by atoms with van der Waals surface area (Å²) >= 11 is 0. The van der Waals surface area contributed by atoms with Crippen LogP contribution in [-0.2, 0) is 0 Å². The van der Waals surface area contributed by atoms with E-state index < -0.39 is 11.7 Å². The number of pyridine rings is 3. The molecule has 1 N–H and O–H groups in total. The summed E-state index contributed by atoms with van der Waals surface area (Å²) in [6, 6.07) is 21.5. The molecule has 2 aromatic carbocycles. The van der Waals surface area contributed by atoms with Gasteiger partial charge in [0.2, 0.25) is 0 Å². The lowest BCUT2D eigenvalue weighted by Gasteiger charge is -2.34. The van der Waals surface area contributed by atoms with Crippen molar-refractivity contribution in [3.05, 3.63) is 103 Å². The maximum absolute atomic E-state index is 15.7. The number of nitrogens with zero attached hydrogens (tertiary/aromatic N) is 7. The van der Waals surface area contributed by atoms with Gasteiger partial charge in [-0.2, -0.15) is 4.68 Å². The van der Waals surface area contributed by atoms with Crippen molar-refractivity contribution in [2.75, 3.05) is 18.0 Å². The molecule has 0 unspecified atom stereocenters. The third-order valence-corrected chi connectivity index (χ3v) is 7.42. The molecule has 1 atom stereocenters. The Balaban J connectivity index is 0.00000316. The highest BCUT2D eigenvalue weighted by Crippen LogP contribution is 2.32. The van der Waals surface area contributed by atoms with Gasteiger partial charge in [-0.1, -0.05) is 17.3 Å². The second kappa shape index (κ2) is 11.6. The van der Waals surface area contributed by atoms with E-state index in [4.69, 9.17) is 0 Å². The zero-order valence-electron chi connectivity index (χ0n) is 22.4. The predicted molar refractivity (Wildman–Crippen MR) is 162 cm³/mol. The Labute approximate surface area is 246 Å². The van der Waals surface area contributed by atoms with Gasteiger partial charge in [-0.25, -0.2) is 14.4 Å². The molecule has 5 heterocycles. The Morgan fingerprint density at radius 1 is 0.952 bits per heavy atom. The zero-order valence-corrected chi connectivity index (χ0v) is 23.2. The molecule has 1 aliphatic heterocycles. The molecular weight excluding hydrogens is 555 g/mol. The monoisotopic (exact) mass is 580 g/mol. The van der Waals surface area contributed by atoms with Gasteiger partial charge >= 0.3 is 0 Å². The fraction of sp³-hybridized carbons (Fsp3) is 0.161. The maximum atomic E-state index is 15.7. The van der Waals surface area contributed by atoms with Gasteiger partial charge in [0.1, 0.15) is 17.2 Å². The molecule has 1 amide bonds. The number of fused-ring (bicyclic) bond motifs is 2. The first-order chi connectivity index (χ1) is 20.2. The summed E-state index contributed by atoms with van der Waals surface area (Å²) in [5.41, 5.74) is 3.30. The van der Waals surface area contributed by atoms with Crippen molar-refractivity contribution in [2.24, 2.45) is 0 Å². The van der Waals surface area contributed by atoms with Gasteiger partial charge in [0.15, 0.2) is 5.65 Å². The number of nitrogens with one attached hydrogen (secondary N) is 1. The second-order valence-corrected chi connectivity index (χ2v) is 9.97. The van der Waals surface area contributed by atoms with Crippen molar-refractivity contribution < 1.29 is 9.18 Å². The van der Waals surface area contributed by atoms with Crippen molar-refractivity contribution in [3.8, 4) is 16.9 Å². The number of carbonyl (C=O) groups is 1. The molecule has 4 aromatic heterocycles. The SMILES string of the molecule is Cl.O=C(c1ccc(-n2nnc3cccnc32)cc1F)N(c1nccc2cc(-c3ccccn3)ccc12)[C@@H]1CCCNC1. The van der Waals surface area contributed by atoms with E-state index in [1.807, 2.05) is 42.5 Å².